The Morgan fingerprint density at radius 2 is 2.05 bits per heavy atom. The van der Waals surface area contributed by atoms with Crippen molar-refractivity contribution in [1.82, 2.24) is 4.90 Å². The van der Waals surface area contributed by atoms with E-state index in [4.69, 9.17) is 9.47 Å². The van der Waals surface area contributed by atoms with Gasteiger partial charge in [0.05, 0.1) is 24.5 Å². The Hall–Kier alpha value is -0.750. The number of fused-ring (bicyclic) bond motifs is 1. The lowest BCUT2D eigenvalue weighted by Crippen LogP contribution is -2.52. The van der Waals surface area contributed by atoms with Gasteiger partial charge < -0.3 is 9.47 Å². The first kappa shape index (κ1) is 15.6. The second-order valence-corrected chi connectivity index (χ2v) is 7.02. The number of hydrogen-bond acceptors (Lipinski definition) is 6. The summed E-state index contributed by atoms with van der Waals surface area (Å²) >= 11 is 1.79. The van der Waals surface area contributed by atoms with Crippen LogP contribution in [0.1, 0.15) is 33.6 Å². The molecule has 3 unspecified atom stereocenters. The molecule has 0 aromatic rings. The summed E-state index contributed by atoms with van der Waals surface area (Å²) in [5.41, 5.74) is -0.612. The van der Waals surface area contributed by atoms with Gasteiger partial charge in [0.2, 0.25) is 0 Å². The van der Waals surface area contributed by atoms with Crippen molar-refractivity contribution in [2.45, 2.75) is 51.1 Å². The molecule has 0 aromatic carbocycles. The van der Waals surface area contributed by atoms with Gasteiger partial charge in [0, 0.05) is 11.8 Å². The second kappa shape index (κ2) is 5.93. The summed E-state index contributed by atoms with van der Waals surface area (Å²) < 4.78 is 10.1. The molecule has 0 aromatic heterocycles. The van der Waals surface area contributed by atoms with Crippen LogP contribution in [-0.2, 0) is 19.1 Å². The van der Waals surface area contributed by atoms with Crippen molar-refractivity contribution >= 4 is 23.7 Å². The third kappa shape index (κ3) is 2.55. The first-order valence-corrected chi connectivity index (χ1v) is 8.12. The van der Waals surface area contributed by atoms with E-state index in [1.165, 1.54) is 7.11 Å². The number of esters is 2. The minimum atomic E-state index is -0.612. The van der Waals surface area contributed by atoms with Crippen molar-refractivity contribution in [1.29, 1.82) is 0 Å². The van der Waals surface area contributed by atoms with Crippen LogP contribution in [0, 0.1) is 5.41 Å². The van der Waals surface area contributed by atoms with Crippen LogP contribution in [0.5, 0.6) is 0 Å². The molecule has 2 aliphatic heterocycles. The fraction of sp³-hybridized carbons (Fsp3) is 0.857. The predicted octanol–water partition coefficient (Wildman–Crippen LogP) is 1.65. The van der Waals surface area contributed by atoms with Gasteiger partial charge in [0.15, 0.2) is 0 Å². The molecule has 2 heterocycles. The van der Waals surface area contributed by atoms with E-state index in [1.54, 1.807) is 11.8 Å². The molecule has 0 radical (unpaired) electrons. The van der Waals surface area contributed by atoms with E-state index in [9.17, 15) is 9.59 Å². The molecule has 0 aliphatic carbocycles. The number of carbonyl (C=O) groups is 2. The SMILES string of the molecule is CCOC(=O)C1CSC2CCC(C(C)(C)C(=O)OC)N21. The molecule has 0 amide bonds. The fourth-order valence-electron chi connectivity index (χ4n) is 3.24. The van der Waals surface area contributed by atoms with Gasteiger partial charge in [-0.2, -0.15) is 0 Å². The monoisotopic (exact) mass is 301 g/mol. The van der Waals surface area contributed by atoms with Crippen molar-refractivity contribution in [3.8, 4) is 0 Å². The first-order valence-electron chi connectivity index (χ1n) is 7.07. The zero-order valence-electron chi connectivity index (χ0n) is 12.5. The molecular formula is C14H23NO4S. The predicted molar refractivity (Wildman–Crippen MR) is 77.3 cm³/mol. The van der Waals surface area contributed by atoms with Crippen LogP contribution in [-0.4, -0.2) is 53.8 Å². The minimum absolute atomic E-state index is 0.0318. The highest BCUT2D eigenvalue weighted by atomic mass is 32.2. The Balaban J connectivity index is 2.19. The van der Waals surface area contributed by atoms with E-state index >= 15 is 0 Å². The molecule has 5 nitrogen and oxygen atoms in total. The second-order valence-electron chi connectivity index (χ2n) is 5.81. The maximum Gasteiger partial charge on any atom is 0.324 e. The van der Waals surface area contributed by atoms with Gasteiger partial charge in [-0.25, -0.2) is 0 Å². The topological polar surface area (TPSA) is 55.8 Å². The summed E-state index contributed by atoms with van der Waals surface area (Å²) in [5, 5.41) is 0.318. The van der Waals surface area contributed by atoms with Crippen LogP contribution >= 0.6 is 11.8 Å². The number of methoxy groups -OCH3 is 1. The van der Waals surface area contributed by atoms with Gasteiger partial charge in [-0.3, -0.25) is 14.5 Å². The van der Waals surface area contributed by atoms with Gasteiger partial charge in [0.1, 0.15) is 6.04 Å². The highest BCUT2D eigenvalue weighted by Gasteiger charge is 2.53. The van der Waals surface area contributed by atoms with Crippen LogP contribution in [0.2, 0.25) is 0 Å². The van der Waals surface area contributed by atoms with Crippen molar-refractivity contribution in [3.63, 3.8) is 0 Å². The molecular weight excluding hydrogens is 278 g/mol. The summed E-state index contributed by atoms with van der Waals surface area (Å²) in [6.07, 6.45) is 1.92. The molecule has 6 heteroatoms. The molecule has 2 aliphatic rings. The van der Waals surface area contributed by atoms with E-state index in [0.29, 0.717) is 12.0 Å². The average Bonchev–Trinajstić information content (AvgIpc) is 2.98. The van der Waals surface area contributed by atoms with E-state index < -0.39 is 5.41 Å². The molecule has 2 saturated heterocycles. The number of carbonyl (C=O) groups excluding carboxylic acids is 2. The molecule has 0 spiro atoms. The summed E-state index contributed by atoms with van der Waals surface area (Å²) in [5.74, 6) is 0.356. The van der Waals surface area contributed by atoms with Crippen LogP contribution in [0.4, 0.5) is 0 Å². The zero-order valence-corrected chi connectivity index (χ0v) is 13.4. The van der Waals surface area contributed by atoms with Crippen LogP contribution in [0.15, 0.2) is 0 Å². The van der Waals surface area contributed by atoms with Crippen molar-refractivity contribution in [2.75, 3.05) is 19.5 Å². The molecule has 0 N–H and O–H groups in total. The largest absolute Gasteiger partial charge is 0.469 e. The van der Waals surface area contributed by atoms with Crippen LogP contribution in [0.3, 0.4) is 0 Å². The molecule has 20 heavy (non-hydrogen) atoms. The van der Waals surface area contributed by atoms with Gasteiger partial charge in [-0.1, -0.05) is 0 Å². The number of ether oxygens (including phenoxy) is 2. The summed E-state index contributed by atoms with van der Waals surface area (Å²) in [6, 6.07) is -0.203. The maximum absolute atomic E-state index is 12.1. The molecule has 2 rings (SSSR count). The molecule has 0 bridgehead atoms. The van der Waals surface area contributed by atoms with Crippen molar-refractivity contribution < 1.29 is 19.1 Å². The van der Waals surface area contributed by atoms with Crippen LogP contribution in [0.25, 0.3) is 0 Å². The quantitative estimate of drug-likeness (QED) is 0.736. The van der Waals surface area contributed by atoms with E-state index in [2.05, 4.69) is 4.90 Å². The number of thioether (sulfide) groups is 1. The average molecular weight is 301 g/mol. The minimum Gasteiger partial charge on any atom is -0.469 e. The normalized spacial score (nSPS) is 30.1. The summed E-state index contributed by atoms with van der Waals surface area (Å²) in [7, 11) is 1.41. The number of rotatable bonds is 4. The van der Waals surface area contributed by atoms with Crippen molar-refractivity contribution in [2.24, 2.45) is 5.41 Å². The Labute approximate surface area is 124 Å². The van der Waals surface area contributed by atoms with Crippen molar-refractivity contribution in [3.05, 3.63) is 0 Å². The fourth-order valence-corrected chi connectivity index (χ4v) is 4.72. The third-order valence-corrected chi connectivity index (χ3v) is 5.66. The van der Waals surface area contributed by atoms with Gasteiger partial charge >= 0.3 is 11.9 Å². The van der Waals surface area contributed by atoms with Crippen LogP contribution < -0.4 is 0 Å². The smallest absolute Gasteiger partial charge is 0.324 e. The number of hydrogen-bond donors (Lipinski definition) is 0. The summed E-state index contributed by atoms with van der Waals surface area (Å²) in [6.45, 7) is 6.01. The maximum atomic E-state index is 12.1. The third-order valence-electron chi connectivity index (χ3n) is 4.29. The lowest BCUT2D eigenvalue weighted by molar-refractivity contribution is -0.158. The Bertz CT molecular complexity index is 399. The molecule has 0 saturated carbocycles. The van der Waals surface area contributed by atoms with E-state index in [1.807, 2.05) is 20.8 Å². The Kier molecular flexibility index (Phi) is 4.64. The highest BCUT2D eigenvalue weighted by Crippen LogP contribution is 2.46. The van der Waals surface area contributed by atoms with Gasteiger partial charge in [0.25, 0.3) is 0 Å². The standard InChI is InChI=1S/C14H23NO4S/c1-5-19-12(16)9-8-20-11-7-6-10(15(9)11)14(2,3)13(17)18-4/h9-11H,5-8H2,1-4H3. The van der Waals surface area contributed by atoms with Gasteiger partial charge in [-0.15, -0.1) is 11.8 Å². The molecule has 3 atom stereocenters. The van der Waals surface area contributed by atoms with E-state index in [0.717, 1.165) is 18.6 Å². The van der Waals surface area contributed by atoms with E-state index in [-0.39, 0.29) is 24.0 Å². The zero-order chi connectivity index (χ0) is 14.9. The Morgan fingerprint density at radius 3 is 2.65 bits per heavy atom. The van der Waals surface area contributed by atoms with Gasteiger partial charge in [-0.05, 0) is 33.6 Å². The first-order chi connectivity index (χ1) is 9.43. The number of nitrogens with zero attached hydrogens (tertiary/aromatic N) is 1. The summed E-state index contributed by atoms with van der Waals surface area (Å²) in [4.78, 5) is 26.3. The lowest BCUT2D eigenvalue weighted by Gasteiger charge is -2.37. The highest BCUT2D eigenvalue weighted by molar-refractivity contribution is 8.00. The Morgan fingerprint density at radius 1 is 1.35 bits per heavy atom. The molecule has 2 fully saturated rings. The molecule has 114 valence electrons. The lowest BCUT2D eigenvalue weighted by atomic mass is 9.82.